The highest BCUT2D eigenvalue weighted by molar-refractivity contribution is 5.68. The SMILES string of the molecule is Nc1cc(-c2ccc(OC(F)(F)F)cc2)nn1CC(=O)O. The smallest absolute Gasteiger partial charge is 0.480 e. The number of halogens is 3. The Bertz CT molecular complexity index is 650. The molecule has 1 aromatic heterocycles. The number of benzene rings is 1. The first-order valence-corrected chi connectivity index (χ1v) is 5.66. The minimum atomic E-state index is -4.75. The first-order valence-electron chi connectivity index (χ1n) is 5.66. The van der Waals surface area contributed by atoms with Crippen LogP contribution >= 0.6 is 0 Å². The standard InChI is InChI=1S/C12H10F3N3O3/c13-12(14,15)21-8-3-1-7(2-4-8)9-5-10(16)18(17-9)6-11(19)20/h1-5H,6,16H2,(H,19,20). The number of hydrogen-bond acceptors (Lipinski definition) is 4. The third kappa shape index (κ3) is 3.88. The largest absolute Gasteiger partial charge is 0.573 e. The Morgan fingerprint density at radius 3 is 2.48 bits per heavy atom. The molecule has 0 bridgehead atoms. The highest BCUT2D eigenvalue weighted by atomic mass is 19.4. The van der Waals surface area contributed by atoms with Gasteiger partial charge in [-0.2, -0.15) is 5.10 Å². The van der Waals surface area contributed by atoms with Crippen molar-refractivity contribution < 1.29 is 27.8 Å². The molecule has 0 unspecified atom stereocenters. The quantitative estimate of drug-likeness (QED) is 0.902. The van der Waals surface area contributed by atoms with Crippen molar-refractivity contribution in [2.45, 2.75) is 12.9 Å². The van der Waals surface area contributed by atoms with E-state index in [-0.39, 0.29) is 11.6 Å². The molecule has 0 amide bonds. The van der Waals surface area contributed by atoms with Crippen molar-refractivity contribution >= 4 is 11.8 Å². The highest BCUT2D eigenvalue weighted by Gasteiger charge is 2.31. The third-order valence-electron chi connectivity index (χ3n) is 2.48. The Kier molecular flexibility index (Phi) is 3.74. The molecule has 3 N–H and O–H groups in total. The molecular weight excluding hydrogens is 291 g/mol. The zero-order chi connectivity index (χ0) is 15.6. The monoisotopic (exact) mass is 301 g/mol. The first-order chi connectivity index (χ1) is 9.74. The van der Waals surface area contributed by atoms with Crippen LogP contribution < -0.4 is 10.5 Å². The van der Waals surface area contributed by atoms with Crippen LogP contribution in [0.25, 0.3) is 11.3 Å². The fourth-order valence-electron chi connectivity index (χ4n) is 1.65. The molecule has 6 nitrogen and oxygen atoms in total. The number of rotatable bonds is 4. The molecule has 2 rings (SSSR count). The fourth-order valence-corrected chi connectivity index (χ4v) is 1.65. The molecule has 2 aromatic rings. The second kappa shape index (κ2) is 5.35. The van der Waals surface area contributed by atoms with Crippen molar-refractivity contribution in [2.75, 3.05) is 5.73 Å². The third-order valence-corrected chi connectivity index (χ3v) is 2.48. The number of ether oxygens (including phenoxy) is 1. The number of anilines is 1. The topological polar surface area (TPSA) is 90.4 Å². The molecule has 9 heteroatoms. The van der Waals surface area contributed by atoms with E-state index in [0.717, 1.165) is 16.8 Å². The zero-order valence-electron chi connectivity index (χ0n) is 10.5. The van der Waals surface area contributed by atoms with Crippen LogP contribution in [0, 0.1) is 0 Å². The van der Waals surface area contributed by atoms with Gasteiger partial charge in [-0.05, 0) is 24.3 Å². The van der Waals surface area contributed by atoms with E-state index < -0.39 is 18.9 Å². The average molecular weight is 301 g/mol. The van der Waals surface area contributed by atoms with Crippen LogP contribution in [0.1, 0.15) is 0 Å². The maximum atomic E-state index is 12.0. The number of nitrogens with zero attached hydrogens (tertiary/aromatic N) is 2. The van der Waals surface area contributed by atoms with Gasteiger partial charge in [-0.1, -0.05) is 0 Å². The van der Waals surface area contributed by atoms with E-state index in [0.29, 0.717) is 11.3 Å². The zero-order valence-corrected chi connectivity index (χ0v) is 10.5. The van der Waals surface area contributed by atoms with Crippen molar-refractivity contribution in [2.24, 2.45) is 0 Å². The van der Waals surface area contributed by atoms with Gasteiger partial charge in [0.05, 0.1) is 5.69 Å². The summed E-state index contributed by atoms with van der Waals surface area (Å²) in [4.78, 5) is 10.6. The number of carboxylic acid groups (broad SMARTS) is 1. The number of aromatic nitrogens is 2. The molecule has 21 heavy (non-hydrogen) atoms. The lowest BCUT2D eigenvalue weighted by atomic mass is 10.1. The van der Waals surface area contributed by atoms with Crippen LogP contribution in [0.5, 0.6) is 5.75 Å². The van der Waals surface area contributed by atoms with Gasteiger partial charge in [0.1, 0.15) is 18.1 Å². The highest BCUT2D eigenvalue weighted by Crippen LogP contribution is 2.26. The lowest BCUT2D eigenvalue weighted by molar-refractivity contribution is -0.274. The van der Waals surface area contributed by atoms with Crippen LogP contribution in [0.15, 0.2) is 30.3 Å². The Balaban J connectivity index is 2.21. The summed E-state index contributed by atoms with van der Waals surface area (Å²) in [6.45, 7) is -0.402. The summed E-state index contributed by atoms with van der Waals surface area (Å²) in [5.74, 6) is -1.32. The molecule has 0 saturated carbocycles. The second-order valence-corrected chi connectivity index (χ2v) is 4.08. The summed E-state index contributed by atoms with van der Waals surface area (Å²) in [7, 11) is 0. The molecule has 0 aliphatic rings. The van der Waals surface area contributed by atoms with Crippen molar-refractivity contribution in [3.63, 3.8) is 0 Å². The van der Waals surface area contributed by atoms with E-state index in [1.807, 2.05) is 0 Å². The Morgan fingerprint density at radius 1 is 1.33 bits per heavy atom. The van der Waals surface area contributed by atoms with Crippen molar-refractivity contribution in [3.05, 3.63) is 30.3 Å². The van der Waals surface area contributed by atoms with Gasteiger partial charge < -0.3 is 15.6 Å². The molecule has 0 fully saturated rings. The van der Waals surface area contributed by atoms with Gasteiger partial charge in [0.2, 0.25) is 0 Å². The Morgan fingerprint density at radius 2 is 1.95 bits per heavy atom. The number of hydrogen-bond donors (Lipinski definition) is 2. The number of aliphatic carboxylic acids is 1. The predicted molar refractivity (Wildman–Crippen MR) is 66.4 cm³/mol. The van der Waals surface area contributed by atoms with Crippen LogP contribution in [0.2, 0.25) is 0 Å². The number of carboxylic acids is 1. The summed E-state index contributed by atoms with van der Waals surface area (Å²) >= 11 is 0. The molecular formula is C12H10F3N3O3. The average Bonchev–Trinajstić information content (AvgIpc) is 2.69. The van der Waals surface area contributed by atoms with Gasteiger partial charge in [-0.15, -0.1) is 13.2 Å². The van der Waals surface area contributed by atoms with Crippen LogP contribution in [-0.2, 0) is 11.3 Å². The molecule has 0 aliphatic heterocycles. The van der Waals surface area contributed by atoms with E-state index >= 15 is 0 Å². The van der Waals surface area contributed by atoms with Gasteiger partial charge >= 0.3 is 12.3 Å². The van der Waals surface area contributed by atoms with Gasteiger partial charge in [0.25, 0.3) is 0 Å². The molecule has 0 saturated heterocycles. The summed E-state index contributed by atoms with van der Waals surface area (Å²) in [6, 6.07) is 6.44. The number of nitrogens with two attached hydrogens (primary N) is 1. The molecule has 1 heterocycles. The lowest BCUT2D eigenvalue weighted by Gasteiger charge is -2.08. The summed E-state index contributed by atoms with van der Waals surface area (Å²) in [5, 5.41) is 12.6. The summed E-state index contributed by atoms with van der Waals surface area (Å²) in [6.07, 6.45) is -4.75. The van der Waals surface area contributed by atoms with Crippen LogP contribution in [0.4, 0.5) is 19.0 Å². The number of carbonyl (C=O) groups is 1. The van der Waals surface area contributed by atoms with Crippen molar-refractivity contribution in [1.29, 1.82) is 0 Å². The number of alkyl halides is 3. The van der Waals surface area contributed by atoms with E-state index in [4.69, 9.17) is 10.8 Å². The van der Waals surface area contributed by atoms with Gasteiger partial charge in [-0.25, -0.2) is 4.68 Å². The van der Waals surface area contributed by atoms with E-state index in [9.17, 15) is 18.0 Å². The fraction of sp³-hybridized carbons (Fsp3) is 0.167. The second-order valence-electron chi connectivity index (χ2n) is 4.08. The molecule has 0 radical (unpaired) electrons. The van der Waals surface area contributed by atoms with Crippen LogP contribution in [-0.4, -0.2) is 27.2 Å². The molecule has 0 atom stereocenters. The van der Waals surface area contributed by atoms with Crippen LogP contribution in [0.3, 0.4) is 0 Å². The lowest BCUT2D eigenvalue weighted by Crippen LogP contribution is -2.16. The van der Waals surface area contributed by atoms with Gasteiger partial charge in [0, 0.05) is 11.6 Å². The minimum Gasteiger partial charge on any atom is -0.480 e. The Hall–Kier alpha value is -2.71. The van der Waals surface area contributed by atoms with E-state index in [1.54, 1.807) is 0 Å². The molecule has 0 spiro atoms. The van der Waals surface area contributed by atoms with E-state index in [1.165, 1.54) is 18.2 Å². The first kappa shape index (κ1) is 14.7. The normalized spacial score (nSPS) is 11.4. The summed E-state index contributed by atoms with van der Waals surface area (Å²) in [5.41, 5.74) is 6.44. The minimum absolute atomic E-state index is 0.142. The van der Waals surface area contributed by atoms with Crippen molar-refractivity contribution in [3.8, 4) is 17.0 Å². The maximum Gasteiger partial charge on any atom is 0.573 e. The number of nitrogen functional groups attached to an aromatic ring is 1. The maximum absolute atomic E-state index is 12.0. The van der Waals surface area contributed by atoms with Gasteiger partial charge in [-0.3, -0.25) is 4.79 Å². The molecule has 112 valence electrons. The predicted octanol–water partition coefficient (Wildman–Crippen LogP) is 2.12. The van der Waals surface area contributed by atoms with Gasteiger partial charge in [0.15, 0.2) is 0 Å². The van der Waals surface area contributed by atoms with Crippen molar-refractivity contribution in [1.82, 2.24) is 9.78 Å². The summed E-state index contributed by atoms with van der Waals surface area (Å²) < 4.78 is 40.9. The Labute approximate surface area is 116 Å². The molecule has 0 aliphatic carbocycles. The molecule has 1 aromatic carbocycles. The van der Waals surface area contributed by atoms with E-state index in [2.05, 4.69) is 9.84 Å².